The molecule has 4 aromatic carbocycles. The highest BCUT2D eigenvalue weighted by Gasteiger charge is 2.29. The average molecular weight is 601 g/mol. The highest BCUT2D eigenvalue weighted by atomic mass is 35.5. The molecular weight excluding hydrogens is 575 g/mol. The molecule has 0 saturated carbocycles. The fourth-order valence-corrected chi connectivity index (χ4v) is 5.47. The van der Waals surface area contributed by atoms with Crippen molar-refractivity contribution in [3.63, 3.8) is 0 Å². The predicted molar refractivity (Wildman–Crippen MR) is 154 cm³/mol. The van der Waals surface area contributed by atoms with Crippen molar-refractivity contribution in [2.45, 2.75) is 4.90 Å². The van der Waals surface area contributed by atoms with E-state index in [1.54, 1.807) is 36.4 Å². The van der Waals surface area contributed by atoms with Gasteiger partial charge in [-0.25, -0.2) is 12.8 Å². The number of hydrogen-bond donors (Lipinski definition) is 1. The SMILES string of the molecule is COc1ccc(S(=O)(=O)N(CC(=O)Nc2cc(Cl)ccc2Oc2ccccc2OC)c2ccc(F)cc2)cc1OC. The molecular formula is C29H26ClFN2O7S. The van der Waals surface area contributed by atoms with Crippen molar-refractivity contribution in [3.05, 3.63) is 95.8 Å². The van der Waals surface area contributed by atoms with E-state index in [0.29, 0.717) is 22.3 Å². The Morgan fingerprint density at radius 3 is 2.07 bits per heavy atom. The zero-order valence-electron chi connectivity index (χ0n) is 22.3. The number of amides is 1. The smallest absolute Gasteiger partial charge is 0.264 e. The van der Waals surface area contributed by atoms with Gasteiger partial charge in [0.1, 0.15) is 12.4 Å². The maximum Gasteiger partial charge on any atom is 0.264 e. The molecule has 0 aromatic heterocycles. The minimum absolute atomic E-state index is 0.0629. The van der Waals surface area contributed by atoms with Gasteiger partial charge in [-0.2, -0.15) is 0 Å². The van der Waals surface area contributed by atoms with Crippen LogP contribution in [-0.2, 0) is 14.8 Å². The van der Waals surface area contributed by atoms with Crippen LogP contribution in [0.4, 0.5) is 15.8 Å². The van der Waals surface area contributed by atoms with Gasteiger partial charge in [-0.3, -0.25) is 9.10 Å². The molecule has 0 aliphatic rings. The third kappa shape index (κ3) is 6.82. The molecule has 0 saturated heterocycles. The summed E-state index contributed by atoms with van der Waals surface area (Å²) in [5.41, 5.74) is 0.254. The lowest BCUT2D eigenvalue weighted by Crippen LogP contribution is -2.38. The second-order valence-corrected chi connectivity index (χ2v) is 10.7. The number of anilines is 2. The highest BCUT2D eigenvalue weighted by molar-refractivity contribution is 7.92. The fraction of sp³-hybridized carbons (Fsp3) is 0.138. The molecule has 4 rings (SSSR count). The molecule has 0 bridgehead atoms. The number of carbonyl (C=O) groups excluding carboxylic acids is 1. The van der Waals surface area contributed by atoms with Crippen molar-refractivity contribution in [1.82, 2.24) is 0 Å². The van der Waals surface area contributed by atoms with Gasteiger partial charge in [0.15, 0.2) is 28.7 Å². The second kappa shape index (κ2) is 12.8. The van der Waals surface area contributed by atoms with Gasteiger partial charge in [0, 0.05) is 11.1 Å². The van der Waals surface area contributed by atoms with Gasteiger partial charge in [0.2, 0.25) is 5.91 Å². The number of benzene rings is 4. The van der Waals surface area contributed by atoms with Gasteiger partial charge in [0.05, 0.1) is 37.6 Å². The summed E-state index contributed by atoms with van der Waals surface area (Å²) in [6, 6.07) is 20.3. The van der Waals surface area contributed by atoms with Crippen LogP contribution < -0.4 is 28.6 Å². The molecule has 1 amide bonds. The minimum atomic E-state index is -4.35. The lowest BCUT2D eigenvalue weighted by molar-refractivity contribution is -0.114. The number of halogens is 2. The Kier molecular flexibility index (Phi) is 9.21. The number of hydrogen-bond acceptors (Lipinski definition) is 7. The van der Waals surface area contributed by atoms with Crippen LogP contribution in [0.15, 0.2) is 89.8 Å². The first-order valence-corrected chi connectivity index (χ1v) is 13.9. The van der Waals surface area contributed by atoms with Crippen LogP contribution in [0, 0.1) is 5.82 Å². The van der Waals surface area contributed by atoms with Gasteiger partial charge in [0.25, 0.3) is 10.0 Å². The Hall–Kier alpha value is -4.48. The monoisotopic (exact) mass is 600 g/mol. The van der Waals surface area contributed by atoms with Gasteiger partial charge in [-0.15, -0.1) is 0 Å². The summed E-state index contributed by atoms with van der Waals surface area (Å²) in [5, 5.41) is 2.98. The molecule has 0 unspecified atom stereocenters. The van der Waals surface area contributed by atoms with Crippen LogP contribution in [0.25, 0.3) is 0 Å². The summed E-state index contributed by atoms with van der Waals surface area (Å²) in [4.78, 5) is 13.2. The third-order valence-electron chi connectivity index (χ3n) is 5.85. The summed E-state index contributed by atoms with van der Waals surface area (Å²) in [6.07, 6.45) is 0. The second-order valence-electron chi connectivity index (χ2n) is 8.45. The van der Waals surface area contributed by atoms with Crippen molar-refractivity contribution < 1.29 is 36.6 Å². The van der Waals surface area contributed by atoms with Crippen LogP contribution in [0.3, 0.4) is 0 Å². The molecule has 0 atom stereocenters. The third-order valence-corrected chi connectivity index (χ3v) is 7.85. The maximum absolute atomic E-state index is 13.8. The zero-order chi connectivity index (χ0) is 29.6. The number of para-hydroxylation sites is 2. The first-order chi connectivity index (χ1) is 19.7. The van der Waals surface area contributed by atoms with E-state index in [2.05, 4.69) is 5.32 Å². The van der Waals surface area contributed by atoms with E-state index in [1.165, 1.54) is 57.7 Å². The Balaban J connectivity index is 1.67. The Morgan fingerprint density at radius 2 is 1.41 bits per heavy atom. The molecule has 0 aliphatic heterocycles. The van der Waals surface area contributed by atoms with Gasteiger partial charge in [-0.1, -0.05) is 23.7 Å². The van der Waals surface area contributed by atoms with Crippen molar-refractivity contribution in [2.24, 2.45) is 0 Å². The number of sulfonamides is 1. The number of carbonyl (C=O) groups is 1. The number of ether oxygens (including phenoxy) is 4. The van der Waals surface area contributed by atoms with Crippen molar-refractivity contribution in [2.75, 3.05) is 37.5 Å². The predicted octanol–water partition coefficient (Wildman–Crippen LogP) is 6.13. The van der Waals surface area contributed by atoms with Gasteiger partial charge >= 0.3 is 0 Å². The van der Waals surface area contributed by atoms with Crippen LogP contribution >= 0.6 is 11.6 Å². The molecule has 0 aliphatic carbocycles. The zero-order valence-corrected chi connectivity index (χ0v) is 23.8. The summed E-state index contributed by atoms with van der Waals surface area (Å²) in [5.74, 6) is 0.294. The van der Waals surface area contributed by atoms with Crippen LogP contribution in [-0.4, -0.2) is 42.2 Å². The molecule has 41 heavy (non-hydrogen) atoms. The van der Waals surface area contributed by atoms with E-state index < -0.39 is 28.3 Å². The largest absolute Gasteiger partial charge is 0.493 e. The molecule has 9 nitrogen and oxygen atoms in total. The molecule has 0 spiro atoms. The van der Waals surface area contributed by atoms with Crippen LogP contribution in [0.1, 0.15) is 0 Å². The van der Waals surface area contributed by atoms with Crippen molar-refractivity contribution >= 4 is 38.9 Å². The molecule has 214 valence electrons. The Morgan fingerprint density at radius 1 is 0.805 bits per heavy atom. The van der Waals surface area contributed by atoms with E-state index in [4.69, 9.17) is 30.5 Å². The first kappa shape index (κ1) is 29.5. The molecule has 12 heteroatoms. The van der Waals surface area contributed by atoms with E-state index in [1.807, 2.05) is 0 Å². The van der Waals surface area contributed by atoms with Crippen LogP contribution in [0.2, 0.25) is 5.02 Å². The Bertz CT molecular complexity index is 1650. The first-order valence-electron chi connectivity index (χ1n) is 12.1. The fourth-order valence-electron chi connectivity index (χ4n) is 3.86. The molecule has 4 aromatic rings. The summed E-state index contributed by atoms with van der Waals surface area (Å²) < 4.78 is 63.9. The lowest BCUT2D eigenvalue weighted by Gasteiger charge is -2.25. The van der Waals surface area contributed by atoms with Crippen molar-refractivity contribution in [3.8, 4) is 28.7 Å². The number of rotatable bonds is 11. The van der Waals surface area contributed by atoms with E-state index in [-0.39, 0.29) is 27.8 Å². The summed E-state index contributed by atoms with van der Waals surface area (Å²) >= 11 is 6.19. The topological polar surface area (TPSA) is 103 Å². The molecule has 1 N–H and O–H groups in total. The van der Waals surface area contributed by atoms with E-state index >= 15 is 0 Å². The van der Waals surface area contributed by atoms with Gasteiger partial charge < -0.3 is 24.3 Å². The van der Waals surface area contributed by atoms with Crippen LogP contribution in [0.5, 0.6) is 28.7 Å². The van der Waals surface area contributed by atoms with E-state index in [9.17, 15) is 17.6 Å². The van der Waals surface area contributed by atoms with Gasteiger partial charge in [-0.05, 0) is 66.7 Å². The highest BCUT2D eigenvalue weighted by Crippen LogP contribution is 2.37. The Labute approximate surface area is 242 Å². The molecule has 0 heterocycles. The minimum Gasteiger partial charge on any atom is -0.493 e. The number of methoxy groups -OCH3 is 3. The maximum atomic E-state index is 13.8. The quantitative estimate of drug-likeness (QED) is 0.221. The normalized spacial score (nSPS) is 11.0. The number of nitrogens with one attached hydrogen (secondary N) is 1. The summed E-state index contributed by atoms with van der Waals surface area (Å²) in [6.45, 7) is -0.664. The summed E-state index contributed by atoms with van der Waals surface area (Å²) in [7, 11) is -0.0618. The molecule has 0 fully saturated rings. The van der Waals surface area contributed by atoms with Crippen molar-refractivity contribution in [1.29, 1.82) is 0 Å². The standard InChI is InChI=1S/C29H26ClFN2O7S/c1-37-25-6-4-5-7-27(25)40-24-14-8-19(30)16-23(24)32-29(34)18-33(21-11-9-20(31)10-12-21)41(35,36)22-13-15-26(38-2)28(17-22)39-3/h4-17H,18H2,1-3H3,(H,32,34). The lowest BCUT2D eigenvalue weighted by atomic mass is 10.2. The van der Waals surface area contributed by atoms with E-state index in [0.717, 1.165) is 16.4 Å². The average Bonchev–Trinajstić information content (AvgIpc) is 2.97. The number of nitrogens with zero attached hydrogens (tertiary/aromatic N) is 1. The molecule has 0 radical (unpaired) electrons.